The van der Waals surface area contributed by atoms with E-state index in [4.69, 9.17) is 4.42 Å². The predicted octanol–water partition coefficient (Wildman–Crippen LogP) is 4.33. The molecule has 0 spiro atoms. The summed E-state index contributed by atoms with van der Waals surface area (Å²) in [7, 11) is 0. The van der Waals surface area contributed by atoms with Gasteiger partial charge in [0.25, 0.3) is 0 Å². The highest BCUT2D eigenvalue weighted by molar-refractivity contribution is 9.10. The topological polar surface area (TPSA) is 25.2 Å². The van der Waals surface area contributed by atoms with Crippen molar-refractivity contribution in [3.05, 3.63) is 28.1 Å². The summed E-state index contributed by atoms with van der Waals surface area (Å²) in [6.45, 7) is 10.8. The fourth-order valence-electron chi connectivity index (χ4n) is 1.50. The van der Waals surface area contributed by atoms with Crippen LogP contribution in [0, 0.1) is 11.8 Å². The van der Waals surface area contributed by atoms with Crippen LogP contribution in [0.5, 0.6) is 0 Å². The van der Waals surface area contributed by atoms with Crippen LogP contribution in [-0.2, 0) is 0 Å². The van der Waals surface area contributed by atoms with Crippen LogP contribution in [0.3, 0.4) is 0 Å². The van der Waals surface area contributed by atoms with Gasteiger partial charge in [0.15, 0.2) is 0 Å². The fourth-order valence-corrected chi connectivity index (χ4v) is 1.82. The second-order valence-corrected chi connectivity index (χ2v) is 5.89. The van der Waals surface area contributed by atoms with Gasteiger partial charge in [-0.2, -0.15) is 0 Å². The zero-order valence-corrected chi connectivity index (χ0v) is 12.7. The van der Waals surface area contributed by atoms with Crippen molar-refractivity contribution >= 4 is 22.0 Å². The van der Waals surface area contributed by atoms with Gasteiger partial charge in [-0.1, -0.05) is 33.3 Å². The molecule has 0 unspecified atom stereocenters. The van der Waals surface area contributed by atoms with Gasteiger partial charge in [-0.3, -0.25) is 0 Å². The molecule has 0 saturated heterocycles. The number of furan rings is 1. The van der Waals surface area contributed by atoms with Crippen LogP contribution in [0.15, 0.2) is 26.8 Å². The lowest BCUT2D eigenvalue weighted by molar-refractivity contribution is 0.546. The third-order valence-electron chi connectivity index (χ3n) is 2.58. The minimum Gasteiger partial charge on any atom is -0.464 e. The number of halogens is 1. The summed E-state index contributed by atoms with van der Waals surface area (Å²) >= 11 is 3.48. The van der Waals surface area contributed by atoms with Gasteiger partial charge in [0.05, 0.1) is 10.7 Å². The molecule has 1 aromatic heterocycles. The molecular formula is C14H22BrNO. The summed E-state index contributed by atoms with van der Waals surface area (Å²) < 4.78 is 6.43. The van der Waals surface area contributed by atoms with Crippen LogP contribution in [0.2, 0.25) is 0 Å². The Balaban J connectivity index is 2.66. The molecule has 0 aliphatic carbocycles. The fraction of sp³-hybridized carbons (Fsp3) is 0.571. The van der Waals surface area contributed by atoms with Gasteiger partial charge in [-0.25, -0.2) is 0 Å². The van der Waals surface area contributed by atoms with E-state index >= 15 is 0 Å². The number of hydrogen-bond donors (Lipinski definition) is 1. The van der Waals surface area contributed by atoms with Gasteiger partial charge < -0.3 is 9.73 Å². The van der Waals surface area contributed by atoms with E-state index in [1.165, 1.54) is 5.57 Å². The van der Waals surface area contributed by atoms with E-state index in [1.807, 2.05) is 6.07 Å². The molecule has 0 amide bonds. The largest absolute Gasteiger partial charge is 0.464 e. The molecule has 1 N–H and O–H groups in total. The molecule has 0 bridgehead atoms. The van der Waals surface area contributed by atoms with Crippen LogP contribution >= 0.6 is 15.9 Å². The van der Waals surface area contributed by atoms with E-state index in [2.05, 4.69) is 55.0 Å². The van der Waals surface area contributed by atoms with E-state index in [9.17, 15) is 0 Å². The highest BCUT2D eigenvalue weighted by Crippen LogP contribution is 2.22. The van der Waals surface area contributed by atoms with E-state index in [0.717, 1.165) is 23.3 Å². The van der Waals surface area contributed by atoms with Crippen LogP contribution < -0.4 is 5.32 Å². The van der Waals surface area contributed by atoms with Crippen molar-refractivity contribution in [1.82, 2.24) is 5.32 Å². The van der Waals surface area contributed by atoms with E-state index in [0.29, 0.717) is 11.8 Å². The monoisotopic (exact) mass is 299 g/mol. The quantitative estimate of drug-likeness (QED) is 0.846. The zero-order valence-electron chi connectivity index (χ0n) is 11.1. The number of rotatable bonds is 6. The normalized spacial score (nSPS) is 12.8. The van der Waals surface area contributed by atoms with Gasteiger partial charge in [0.2, 0.25) is 0 Å². The van der Waals surface area contributed by atoms with Gasteiger partial charge in [0.1, 0.15) is 5.76 Å². The van der Waals surface area contributed by atoms with Crippen LogP contribution in [-0.4, -0.2) is 13.1 Å². The smallest absolute Gasteiger partial charge is 0.140 e. The van der Waals surface area contributed by atoms with Crippen molar-refractivity contribution in [1.29, 1.82) is 0 Å². The van der Waals surface area contributed by atoms with E-state index < -0.39 is 0 Å². The molecule has 17 heavy (non-hydrogen) atoms. The third-order valence-corrected chi connectivity index (χ3v) is 3.24. The van der Waals surface area contributed by atoms with Gasteiger partial charge in [0, 0.05) is 6.54 Å². The van der Waals surface area contributed by atoms with Crippen molar-refractivity contribution in [2.24, 2.45) is 11.8 Å². The maximum absolute atomic E-state index is 5.42. The first-order valence-corrected chi connectivity index (χ1v) is 6.94. The predicted molar refractivity (Wildman–Crippen MR) is 76.9 cm³/mol. The summed E-state index contributed by atoms with van der Waals surface area (Å²) in [5, 5.41) is 3.47. The molecule has 0 saturated carbocycles. The summed E-state index contributed by atoms with van der Waals surface area (Å²) in [4.78, 5) is 0. The van der Waals surface area contributed by atoms with Crippen LogP contribution in [0.1, 0.15) is 33.5 Å². The minimum atomic E-state index is 0.520. The molecule has 1 heterocycles. The Morgan fingerprint density at radius 3 is 2.59 bits per heavy atom. The molecule has 0 aliphatic rings. The highest BCUT2D eigenvalue weighted by Gasteiger charge is 2.07. The van der Waals surface area contributed by atoms with Crippen molar-refractivity contribution in [3.8, 4) is 0 Å². The Labute approximate surface area is 113 Å². The van der Waals surface area contributed by atoms with Gasteiger partial charge >= 0.3 is 0 Å². The first kappa shape index (κ1) is 14.5. The Hall–Kier alpha value is -0.540. The molecule has 1 aromatic rings. The molecule has 0 aromatic carbocycles. The Bertz CT molecular complexity index is 366. The average Bonchev–Trinajstić information content (AvgIpc) is 2.62. The molecule has 1 rings (SSSR count). The van der Waals surface area contributed by atoms with E-state index in [-0.39, 0.29) is 0 Å². The van der Waals surface area contributed by atoms with Crippen LogP contribution in [0.4, 0.5) is 0 Å². The van der Waals surface area contributed by atoms with Crippen molar-refractivity contribution in [2.45, 2.75) is 27.7 Å². The average molecular weight is 300 g/mol. The standard InChI is InChI=1S/C14H22BrNO/c1-10(2)8-16-9-12(11(3)4)7-14-13(15)5-6-17-14/h5-7,10-11,16H,8-9H2,1-4H3/b12-7-. The van der Waals surface area contributed by atoms with Crippen molar-refractivity contribution < 1.29 is 4.42 Å². The molecule has 0 fully saturated rings. The molecule has 96 valence electrons. The third kappa shape index (κ3) is 5.09. The highest BCUT2D eigenvalue weighted by atomic mass is 79.9. The molecule has 0 aliphatic heterocycles. The Morgan fingerprint density at radius 2 is 2.12 bits per heavy atom. The molecule has 0 radical (unpaired) electrons. The SMILES string of the molecule is CC(C)CNC/C(=C/c1occc1Br)C(C)C. The second-order valence-electron chi connectivity index (χ2n) is 5.03. The maximum Gasteiger partial charge on any atom is 0.140 e. The number of hydrogen-bond acceptors (Lipinski definition) is 2. The van der Waals surface area contributed by atoms with Crippen molar-refractivity contribution in [2.75, 3.05) is 13.1 Å². The first-order chi connectivity index (χ1) is 8.00. The summed E-state index contributed by atoms with van der Waals surface area (Å²) in [5.41, 5.74) is 1.36. The lowest BCUT2D eigenvalue weighted by Gasteiger charge is -2.13. The lowest BCUT2D eigenvalue weighted by Crippen LogP contribution is -2.23. The summed E-state index contributed by atoms with van der Waals surface area (Å²) in [6, 6.07) is 1.92. The summed E-state index contributed by atoms with van der Waals surface area (Å²) in [5.74, 6) is 2.10. The maximum atomic E-state index is 5.42. The minimum absolute atomic E-state index is 0.520. The molecule has 0 atom stereocenters. The van der Waals surface area contributed by atoms with Crippen molar-refractivity contribution in [3.63, 3.8) is 0 Å². The second kappa shape index (κ2) is 7.02. The van der Waals surface area contributed by atoms with Crippen LogP contribution in [0.25, 0.3) is 6.08 Å². The molecule has 3 heteroatoms. The summed E-state index contributed by atoms with van der Waals surface area (Å²) in [6.07, 6.45) is 3.83. The molecular weight excluding hydrogens is 278 g/mol. The van der Waals surface area contributed by atoms with Gasteiger partial charge in [-0.15, -0.1) is 0 Å². The zero-order chi connectivity index (χ0) is 12.8. The van der Waals surface area contributed by atoms with Gasteiger partial charge in [-0.05, 0) is 46.5 Å². The Morgan fingerprint density at radius 1 is 1.41 bits per heavy atom. The van der Waals surface area contributed by atoms with E-state index in [1.54, 1.807) is 6.26 Å². The lowest BCUT2D eigenvalue weighted by atomic mass is 10.0. The first-order valence-electron chi connectivity index (χ1n) is 6.15. The number of nitrogens with one attached hydrogen (secondary N) is 1. The Kier molecular flexibility index (Phi) is 6.00. The molecule has 2 nitrogen and oxygen atoms in total.